The first-order chi connectivity index (χ1) is 8.61. The summed E-state index contributed by atoms with van der Waals surface area (Å²) < 4.78 is 0. The van der Waals surface area contributed by atoms with E-state index in [0.717, 1.165) is 25.3 Å². The predicted octanol–water partition coefficient (Wildman–Crippen LogP) is 1.47. The monoisotopic (exact) mass is 249 g/mol. The second-order valence-corrected chi connectivity index (χ2v) is 4.49. The van der Waals surface area contributed by atoms with E-state index in [4.69, 9.17) is 0 Å². The first-order valence-electron chi connectivity index (χ1n) is 6.37. The minimum atomic E-state index is -0.00185. The molecule has 0 saturated heterocycles. The van der Waals surface area contributed by atoms with Crippen molar-refractivity contribution >= 4 is 11.6 Å². The van der Waals surface area contributed by atoms with E-state index in [1.165, 1.54) is 5.56 Å². The van der Waals surface area contributed by atoms with Crippen molar-refractivity contribution in [3.63, 3.8) is 0 Å². The molecule has 0 fully saturated rings. The molecule has 0 aliphatic carbocycles. The first-order valence-corrected chi connectivity index (χ1v) is 6.37. The molecule has 4 heteroatoms. The van der Waals surface area contributed by atoms with Crippen molar-refractivity contribution in [1.29, 1.82) is 0 Å². The van der Waals surface area contributed by atoms with Gasteiger partial charge in [0.25, 0.3) is 0 Å². The van der Waals surface area contributed by atoms with Gasteiger partial charge < -0.3 is 15.5 Å². The number of carbonyl (C=O) groups excluding carboxylic acids is 1. The van der Waals surface area contributed by atoms with E-state index in [-0.39, 0.29) is 5.91 Å². The molecule has 0 aliphatic heterocycles. The first kappa shape index (κ1) is 14.7. The molecule has 100 valence electrons. The maximum absolute atomic E-state index is 11.6. The lowest BCUT2D eigenvalue weighted by molar-refractivity contribution is -0.115. The molecule has 2 N–H and O–H groups in total. The van der Waals surface area contributed by atoms with Crippen LogP contribution in [0, 0.1) is 6.92 Å². The molecule has 0 aromatic heterocycles. The highest BCUT2D eigenvalue weighted by molar-refractivity contribution is 5.92. The van der Waals surface area contributed by atoms with Gasteiger partial charge in [-0.1, -0.05) is 24.6 Å². The molecule has 0 saturated carbocycles. The smallest absolute Gasteiger partial charge is 0.238 e. The molecule has 4 nitrogen and oxygen atoms in total. The Morgan fingerprint density at radius 3 is 2.56 bits per heavy atom. The number of nitrogens with zero attached hydrogens (tertiary/aromatic N) is 1. The Labute approximate surface area is 109 Å². The fourth-order valence-corrected chi connectivity index (χ4v) is 1.47. The second-order valence-electron chi connectivity index (χ2n) is 4.49. The zero-order chi connectivity index (χ0) is 13.4. The van der Waals surface area contributed by atoms with Crippen LogP contribution in [0.15, 0.2) is 24.3 Å². The Morgan fingerprint density at radius 1 is 1.28 bits per heavy atom. The highest BCUT2D eigenvalue weighted by Crippen LogP contribution is 2.07. The van der Waals surface area contributed by atoms with Gasteiger partial charge in [0.1, 0.15) is 0 Å². The van der Waals surface area contributed by atoms with Gasteiger partial charge in [-0.2, -0.15) is 0 Å². The van der Waals surface area contributed by atoms with Gasteiger partial charge in [-0.05, 0) is 32.6 Å². The van der Waals surface area contributed by atoms with Crippen LogP contribution in [0.4, 0.5) is 5.69 Å². The van der Waals surface area contributed by atoms with Crippen LogP contribution >= 0.6 is 0 Å². The van der Waals surface area contributed by atoms with E-state index in [1.54, 1.807) is 0 Å². The number of likely N-dealkylation sites (N-methyl/N-ethyl adjacent to an activating group) is 1. The quantitative estimate of drug-likeness (QED) is 0.719. The topological polar surface area (TPSA) is 44.4 Å². The summed E-state index contributed by atoms with van der Waals surface area (Å²) in [5, 5.41) is 5.98. The zero-order valence-corrected chi connectivity index (χ0v) is 11.5. The number of rotatable bonds is 7. The van der Waals surface area contributed by atoms with E-state index < -0.39 is 0 Å². The number of carbonyl (C=O) groups is 1. The van der Waals surface area contributed by atoms with Crippen LogP contribution in [-0.2, 0) is 4.79 Å². The normalized spacial score (nSPS) is 10.7. The van der Waals surface area contributed by atoms with Gasteiger partial charge in [0.05, 0.1) is 6.54 Å². The Hall–Kier alpha value is -1.39. The van der Waals surface area contributed by atoms with Crippen LogP contribution < -0.4 is 10.6 Å². The highest BCUT2D eigenvalue weighted by Gasteiger charge is 2.01. The molecule has 1 rings (SSSR count). The molecule has 1 aromatic carbocycles. The standard InChI is InChI=1S/C14H23N3O/c1-4-17(3)10-9-15-11-14(18)16-13-7-5-12(2)6-8-13/h5-8,15H,4,9-11H2,1-3H3,(H,16,18). The summed E-state index contributed by atoms with van der Waals surface area (Å²) in [6.07, 6.45) is 0. The van der Waals surface area contributed by atoms with Crippen LogP contribution in [0.3, 0.4) is 0 Å². The average molecular weight is 249 g/mol. The van der Waals surface area contributed by atoms with Gasteiger partial charge in [-0.3, -0.25) is 4.79 Å². The van der Waals surface area contributed by atoms with E-state index in [0.29, 0.717) is 6.54 Å². The number of aryl methyl sites for hydroxylation is 1. The molecule has 1 aromatic rings. The minimum Gasteiger partial charge on any atom is -0.325 e. The van der Waals surface area contributed by atoms with Crippen LogP contribution in [0.2, 0.25) is 0 Å². The van der Waals surface area contributed by atoms with Gasteiger partial charge in [0.2, 0.25) is 5.91 Å². The van der Waals surface area contributed by atoms with Crippen LogP contribution in [-0.4, -0.2) is 44.0 Å². The van der Waals surface area contributed by atoms with Gasteiger partial charge in [0.15, 0.2) is 0 Å². The van der Waals surface area contributed by atoms with Crippen molar-refractivity contribution in [2.75, 3.05) is 38.5 Å². The van der Waals surface area contributed by atoms with Gasteiger partial charge >= 0.3 is 0 Å². The second kappa shape index (κ2) is 7.84. The Balaban J connectivity index is 2.19. The number of anilines is 1. The summed E-state index contributed by atoms with van der Waals surface area (Å²) in [7, 11) is 2.06. The third-order valence-corrected chi connectivity index (χ3v) is 2.83. The summed E-state index contributed by atoms with van der Waals surface area (Å²) in [6.45, 7) is 7.30. The maximum atomic E-state index is 11.6. The molecular weight excluding hydrogens is 226 g/mol. The van der Waals surface area contributed by atoms with E-state index in [1.807, 2.05) is 31.2 Å². The minimum absolute atomic E-state index is 0.00185. The van der Waals surface area contributed by atoms with Crippen molar-refractivity contribution in [2.24, 2.45) is 0 Å². The van der Waals surface area contributed by atoms with E-state index >= 15 is 0 Å². The van der Waals surface area contributed by atoms with Crippen molar-refractivity contribution < 1.29 is 4.79 Å². The summed E-state index contributed by atoms with van der Waals surface area (Å²) >= 11 is 0. The summed E-state index contributed by atoms with van der Waals surface area (Å²) in [5.74, 6) is -0.00185. The van der Waals surface area contributed by atoms with Gasteiger partial charge in [0, 0.05) is 18.8 Å². The molecule has 0 heterocycles. The fourth-order valence-electron chi connectivity index (χ4n) is 1.47. The molecule has 0 radical (unpaired) electrons. The number of hydrogen-bond donors (Lipinski definition) is 2. The fraction of sp³-hybridized carbons (Fsp3) is 0.500. The Morgan fingerprint density at radius 2 is 1.94 bits per heavy atom. The summed E-state index contributed by atoms with van der Waals surface area (Å²) in [6, 6.07) is 7.80. The van der Waals surface area contributed by atoms with Crippen LogP contribution in [0.5, 0.6) is 0 Å². The van der Waals surface area contributed by atoms with Gasteiger partial charge in [-0.25, -0.2) is 0 Å². The third-order valence-electron chi connectivity index (χ3n) is 2.83. The third kappa shape index (κ3) is 5.80. The molecule has 0 spiro atoms. The van der Waals surface area contributed by atoms with Crippen molar-refractivity contribution in [2.45, 2.75) is 13.8 Å². The van der Waals surface area contributed by atoms with Crippen molar-refractivity contribution in [3.8, 4) is 0 Å². The highest BCUT2D eigenvalue weighted by atomic mass is 16.1. The SMILES string of the molecule is CCN(C)CCNCC(=O)Nc1ccc(C)cc1. The van der Waals surface area contributed by atoms with E-state index in [2.05, 4.69) is 29.5 Å². The lowest BCUT2D eigenvalue weighted by atomic mass is 10.2. The zero-order valence-electron chi connectivity index (χ0n) is 11.5. The Kier molecular flexibility index (Phi) is 6.39. The van der Waals surface area contributed by atoms with Crippen LogP contribution in [0.1, 0.15) is 12.5 Å². The predicted molar refractivity (Wildman–Crippen MR) is 75.8 cm³/mol. The van der Waals surface area contributed by atoms with Crippen molar-refractivity contribution in [1.82, 2.24) is 10.2 Å². The van der Waals surface area contributed by atoms with Crippen LogP contribution in [0.25, 0.3) is 0 Å². The average Bonchev–Trinajstić information content (AvgIpc) is 2.37. The molecule has 1 amide bonds. The number of benzene rings is 1. The van der Waals surface area contributed by atoms with Gasteiger partial charge in [-0.15, -0.1) is 0 Å². The molecule has 0 bridgehead atoms. The lowest BCUT2D eigenvalue weighted by Crippen LogP contribution is -2.34. The van der Waals surface area contributed by atoms with Crippen molar-refractivity contribution in [3.05, 3.63) is 29.8 Å². The molecule has 0 aliphatic rings. The number of amides is 1. The largest absolute Gasteiger partial charge is 0.325 e. The van der Waals surface area contributed by atoms with E-state index in [9.17, 15) is 4.79 Å². The molecule has 0 atom stereocenters. The summed E-state index contributed by atoms with van der Waals surface area (Å²) in [5.41, 5.74) is 2.03. The molecule has 0 unspecified atom stereocenters. The maximum Gasteiger partial charge on any atom is 0.238 e. The number of hydrogen-bond acceptors (Lipinski definition) is 3. The lowest BCUT2D eigenvalue weighted by Gasteiger charge is -2.13. The molecule has 18 heavy (non-hydrogen) atoms. The number of nitrogens with one attached hydrogen (secondary N) is 2. The Bertz CT molecular complexity index is 362. The summed E-state index contributed by atoms with van der Waals surface area (Å²) in [4.78, 5) is 13.8. The molecular formula is C14H23N3O.